The smallest absolute Gasteiger partial charge is 0.128 e. The van der Waals surface area contributed by atoms with E-state index in [0.717, 1.165) is 27.8 Å². The lowest BCUT2D eigenvalue weighted by molar-refractivity contribution is 0.404. The SMILES string of the molecule is COc1ccc(OC)c(-c2csc(-c3csc4ccccc34)n2)c1. The van der Waals surface area contributed by atoms with Crippen LogP contribution >= 0.6 is 22.7 Å². The summed E-state index contributed by atoms with van der Waals surface area (Å²) in [5.41, 5.74) is 3.04. The van der Waals surface area contributed by atoms with Crippen LogP contribution in [0.3, 0.4) is 0 Å². The second-order valence-corrected chi connectivity index (χ2v) is 7.02. The van der Waals surface area contributed by atoms with Gasteiger partial charge in [0.05, 0.1) is 19.9 Å². The highest BCUT2D eigenvalue weighted by Gasteiger charge is 2.14. The highest BCUT2D eigenvalue weighted by Crippen LogP contribution is 2.39. The van der Waals surface area contributed by atoms with Crippen molar-refractivity contribution in [2.45, 2.75) is 0 Å². The second-order valence-electron chi connectivity index (χ2n) is 5.25. The van der Waals surface area contributed by atoms with Crippen molar-refractivity contribution in [1.29, 1.82) is 0 Å². The molecule has 0 N–H and O–H groups in total. The molecule has 3 nitrogen and oxygen atoms in total. The molecular formula is C19H15NO2S2. The van der Waals surface area contributed by atoms with E-state index in [-0.39, 0.29) is 0 Å². The summed E-state index contributed by atoms with van der Waals surface area (Å²) in [6.07, 6.45) is 0. The molecule has 0 radical (unpaired) electrons. The van der Waals surface area contributed by atoms with E-state index in [1.165, 1.54) is 15.6 Å². The van der Waals surface area contributed by atoms with Gasteiger partial charge in [0, 0.05) is 32.0 Å². The first-order chi connectivity index (χ1) is 11.8. The van der Waals surface area contributed by atoms with Gasteiger partial charge in [-0.25, -0.2) is 4.98 Å². The van der Waals surface area contributed by atoms with E-state index in [1.54, 1.807) is 36.9 Å². The number of benzene rings is 2. The Morgan fingerprint density at radius 3 is 2.58 bits per heavy atom. The summed E-state index contributed by atoms with van der Waals surface area (Å²) in [6, 6.07) is 14.2. The van der Waals surface area contributed by atoms with Crippen LogP contribution in [0.25, 0.3) is 31.9 Å². The molecule has 5 heteroatoms. The fourth-order valence-corrected chi connectivity index (χ4v) is 4.55. The molecule has 4 aromatic rings. The van der Waals surface area contributed by atoms with Crippen LogP contribution in [0.5, 0.6) is 11.5 Å². The topological polar surface area (TPSA) is 31.4 Å². The first kappa shape index (κ1) is 15.2. The predicted molar refractivity (Wildman–Crippen MR) is 101 cm³/mol. The number of aromatic nitrogens is 1. The molecule has 2 aromatic carbocycles. The van der Waals surface area contributed by atoms with Crippen molar-refractivity contribution in [3.05, 3.63) is 53.2 Å². The van der Waals surface area contributed by atoms with Crippen LogP contribution in [0.4, 0.5) is 0 Å². The summed E-state index contributed by atoms with van der Waals surface area (Å²) in [4.78, 5) is 4.85. The minimum Gasteiger partial charge on any atom is -0.497 e. The molecule has 2 heterocycles. The Labute approximate surface area is 148 Å². The number of methoxy groups -OCH3 is 2. The average Bonchev–Trinajstić information content (AvgIpc) is 3.27. The monoisotopic (exact) mass is 353 g/mol. The van der Waals surface area contributed by atoms with E-state index in [1.807, 2.05) is 18.2 Å². The van der Waals surface area contributed by atoms with Crippen LogP contribution < -0.4 is 9.47 Å². The lowest BCUT2D eigenvalue weighted by Crippen LogP contribution is -1.90. The lowest BCUT2D eigenvalue weighted by Gasteiger charge is -2.08. The van der Waals surface area contributed by atoms with Crippen molar-refractivity contribution in [2.75, 3.05) is 14.2 Å². The third kappa shape index (κ3) is 2.56. The van der Waals surface area contributed by atoms with Gasteiger partial charge < -0.3 is 9.47 Å². The van der Waals surface area contributed by atoms with Gasteiger partial charge in [0.25, 0.3) is 0 Å². The van der Waals surface area contributed by atoms with Gasteiger partial charge in [-0.05, 0) is 24.3 Å². The van der Waals surface area contributed by atoms with Crippen molar-refractivity contribution < 1.29 is 9.47 Å². The number of hydrogen-bond acceptors (Lipinski definition) is 5. The van der Waals surface area contributed by atoms with E-state index in [2.05, 4.69) is 35.0 Å². The Bertz CT molecular complexity index is 1000. The third-order valence-corrected chi connectivity index (χ3v) is 5.74. The summed E-state index contributed by atoms with van der Waals surface area (Å²) in [7, 11) is 3.33. The zero-order valence-electron chi connectivity index (χ0n) is 13.3. The Morgan fingerprint density at radius 1 is 0.875 bits per heavy atom. The van der Waals surface area contributed by atoms with Crippen LogP contribution in [0, 0.1) is 0 Å². The zero-order valence-corrected chi connectivity index (χ0v) is 14.9. The van der Waals surface area contributed by atoms with Gasteiger partial charge in [-0.15, -0.1) is 22.7 Å². The second kappa shape index (κ2) is 6.26. The number of nitrogens with zero attached hydrogens (tertiary/aromatic N) is 1. The van der Waals surface area contributed by atoms with Crippen LogP contribution in [0.2, 0.25) is 0 Å². The van der Waals surface area contributed by atoms with Crippen molar-refractivity contribution in [3.63, 3.8) is 0 Å². The molecule has 4 rings (SSSR count). The number of hydrogen-bond donors (Lipinski definition) is 0. The van der Waals surface area contributed by atoms with Gasteiger partial charge in [-0.1, -0.05) is 18.2 Å². The molecule has 0 aliphatic carbocycles. The zero-order chi connectivity index (χ0) is 16.5. The van der Waals surface area contributed by atoms with Gasteiger partial charge in [0.2, 0.25) is 0 Å². The number of thiazole rings is 1. The average molecular weight is 353 g/mol. The number of thiophene rings is 1. The number of ether oxygens (including phenoxy) is 2. The van der Waals surface area contributed by atoms with Crippen molar-refractivity contribution in [2.24, 2.45) is 0 Å². The molecule has 120 valence electrons. The molecule has 0 spiro atoms. The fourth-order valence-electron chi connectivity index (χ4n) is 2.68. The molecule has 0 unspecified atom stereocenters. The molecule has 0 bridgehead atoms. The fraction of sp³-hybridized carbons (Fsp3) is 0.105. The van der Waals surface area contributed by atoms with E-state index in [0.29, 0.717) is 0 Å². The van der Waals surface area contributed by atoms with Crippen molar-refractivity contribution >= 4 is 32.8 Å². The highest BCUT2D eigenvalue weighted by molar-refractivity contribution is 7.19. The maximum absolute atomic E-state index is 5.48. The van der Waals surface area contributed by atoms with Crippen molar-refractivity contribution in [1.82, 2.24) is 4.98 Å². The lowest BCUT2D eigenvalue weighted by atomic mass is 10.1. The normalized spacial score (nSPS) is 10.9. The summed E-state index contributed by atoms with van der Waals surface area (Å²) < 4.78 is 12.1. The Balaban J connectivity index is 1.81. The van der Waals surface area contributed by atoms with E-state index < -0.39 is 0 Å². The molecule has 0 saturated carbocycles. The maximum atomic E-state index is 5.48. The third-order valence-electron chi connectivity index (χ3n) is 3.90. The summed E-state index contributed by atoms with van der Waals surface area (Å²) in [6.45, 7) is 0. The van der Waals surface area contributed by atoms with Crippen LogP contribution in [0.1, 0.15) is 0 Å². The summed E-state index contributed by atoms with van der Waals surface area (Å²) in [5.74, 6) is 1.59. The van der Waals surface area contributed by atoms with Crippen LogP contribution in [0.15, 0.2) is 53.2 Å². The molecule has 2 aromatic heterocycles. The molecule has 0 atom stereocenters. The van der Waals surface area contributed by atoms with Crippen LogP contribution in [-0.4, -0.2) is 19.2 Å². The van der Waals surface area contributed by atoms with Gasteiger partial charge >= 0.3 is 0 Å². The van der Waals surface area contributed by atoms with Gasteiger partial charge in [-0.3, -0.25) is 0 Å². The minimum atomic E-state index is 0.793. The molecular weight excluding hydrogens is 338 g/mol. The molecule has 0 amide bonds. The summed E-state index contributed by atoms with van der Waals surface area (Å²) >= 11 is 3.40. The molecule has 0 fully saturated rings. The maximum Gasteiger partial charge on any atom is 0.128 e. The predicted octanol–water partition coefficient (Wildman–Crippen LogP) is 5.71. The largest absolute Gasteiger partial charge is 0.497 e. The molecule has 0 saturated heterocycles. The number of rotatable bonds is 4. The Morgan fingerprint density at radius 2 is 1.75 bits per heavy atom. The van der Waals surface area contributed by atoms with E-state index >= 15 is 0 Å². The molecule has 24 heavy (non-hydrogen) atoms. The first-order valence-electron chi connectivity index (χ1n) is 7.44. The Kier molecular flexibility index (Phi) is 3.96. The highest BCUT2D eigenvalue weighted by atomic mass is 32.1. The van der Waals surface area contributed by atoms with E-state index in [4.69, 9.17) is 14.5 Å². The minimum absolute atomic E-state index is 0.793. The standard InChI is InChI=1S/C19H15NO2S2/c1-21-12-7-8-17(22-2)14(9-12)16-11-24-19(20-16)15-10-23-18-6-4-3-5-13(15)18/h3-11H,1-2H3. The summed E-state index contributed by atoms with van der Waals surface area (Å²) in [5, 5.41) is 6.52. The van der Waals surface area contributed by atoms with Gasteiger partial charge in [-0.2, -0.15) is 0 Å². The van der Waals surface area contributed by atoms with Gasteiger partial charge in [0.1, 0.15) is 16.5 Å². The molecule has 0 aliphatic heterocycles. The number of fused-ring (bicyclic) bond motifs is 1. The molecule has 0 aliphatic rings. The first-order valence-corrected chi connectivity index (χ1v) is 9.20. The quantitative estimate of drug-likeness (QED) is 0.471. The van der Waals surface area contributed by atoms with Gasteiger partial charge in [0.15, 0.2) is 0 Å². The van der Waals surface area contributed by atoms with Crippen LogP contribution in [-0.2, 0) is 0 Å². The Hall–Kier alpha value is -2.37. The van der Waals surface area contributed by atoms with E-state index in [9.17, 15) is 0 Å². The van der Waals surface area contributed by atoms with Crippen molar-refractivity contribution in [3.8, 4) is 33.3 Å².